The van der Waals surface area contributed by atoms with Crippen molar-refractivity contribution in [3.63, 3.8) is 0 Å². The first-order valence-corrected chi connectivity index (χ1v) is 6.25. The molecule has 0 saturated heterocycles. The molecule has 0 saturated carbocycles. The molecular weight excluding hydrogens is 270 g/mol. The Bertz CT molecular complexity index is 401. The van der Waals surface area contributed by atoms with Crippen molar-refractivity contribution in [2.24, 2.45) is 0 Å². The third kappa shape index (κ3) is 2.91. The maximum absolute atomic E-state index is 11.4. The van der Waals surface area contributed by atoms with Crippen LogP contribution in [0.5, 0.6) is 0 Å². The molecule has 0 spiro atoms. The first-order chi connectivity index (χ1) is 6.42. The summed E-state index contributed by atoms with van der Waals surface area (Å²) in [5.41, 5.74) is 0. The largest absolute Gasteiger partial charge is 0.266 e. The molecule has 0 fully saturated rings. The normalized spacial score (nSPS) is 11.7. The van der Waals surface area contributed by atoms with E-state index in [0.29, 0.717) is 4.60 Å². The molecule has 0 aliphatic heterocycles. The molecule has 1 rings (SSSR count). The molecule has 0 unspecified atom stereocenters. The molecule has 78 valence electrons. The minimum absolute atomic E-state index is 0.224. The molecule has 0 aromatic carbocycles. The van der Waals surface area contributed by atoms with Crippen LogP contribution in [0.3, 0.4) is 0 Å². The van der Waals surface area contributed by atoms with Crippen molar-refractivity contribution in [2.75, 3.05) is 4.72 Å². The van der Waals surface area contributed by atoms with Crippen LogP contribution < -0.4 is 4.72 Å². The Balaban J connectivity index is 2.85. The number of hydrogen-bond acceptors (Lipinski definition) is 4. The summed E-state index contributed by atoms with van der Waals surface area (Å²) in [6.07, 6.45) is 2.78. The van der Waals surface area contributed by atoms with Gasteiger partial charge in [-0.15, -0.1) is 0 Å². The summed E-state index contributed by atoms with van der Waals surface area (Å²) < 4.78 is 25.7. The molecule has 1 aromatic rings. The van der Waals surface area contributed by atoms with Gasteiger partial charge in [-0.3, -0.25) is 4.72 Å². The summed E-state index contributed by atoms with van der Waals surface area (Å²) in [5.74, 6) is 0.224. The number of hydrogen-bond donors (Lipinski definition) is 1. The summed E-state index contributed by atoms with van der Waals surface area (Å²) in [6, 6.07) is 0. The fourth-order valence-electron chi connectivity index (χ4n) is 0.629. The van der Waals surface area contributed by atoms with E-state index in [4.69, 9.17) is 0 Å². The van der Waals surface area contributed by atoms with Gasteiger partial charge in [0.1, 0.15) is 4.60 Å². The lowest BCUT2D eigenvalue weighted by molar-refractivity contribution is 0.592. The van der Waals surface area contributed by atoms with Crippen molar-refractivity contribution in [2.45, 2.75) is 19.1 Å². The zero-order valence-electron chi connectivity index (χ0n) is 7.73. The Morgan fingerprint density at radius 2 is 2.00 bits per heavy atom. The zero-order chi connectivity index (χ0) is 10.8. The van der Waals surface area contributed by atoms with E-state index in [-0.39, 0.29) is 5.82 Å². The maximum Gasteiger partial charge on any atom is 0.236 e. The Labute approximate surface area is 91.1 Å². The van der Waals surface area contributed by atoms with E-state index in [2.05, 4.69) is 30.6 Å². The van der Waals surface area contributed by atoms with Crippen molar-refractivity contribution in [1.82, 2.24) is 9.97 Å². The van der Waals surface area contributed by atoms with Crippen LogP contribution in [0.25, 0.3) is 0 Å². The number of rotatable bonds is 3. The average molecular weight is 280 g/mol. The van der Waals surface area contributed by atoms with Crippen LogP contribution >= 0.6 is 15.9 Å². The second-order valence-electron chi connectivity index (χ2n) is 2.92. The van der Waals surface area contributed by atoms with E-state index >= 15 is 0 Å². The van der Waals surface area contributed by atoms with Crippen LogP contribution in [0.4, 0.5) is 5.82 Å². The standard InChI is InChI=1S/C7H10BrN3O2S/c1-5(2)14(12,13)11-7-4-9-6(8)3-10-7/h3-5H,1-2H3,(H,10,11). The quantitative estimate of drug-likeness (QED) is 0.908. The fraction of sp³-hybridized carbons (Fsp3) is 0.429. The van der Waals surface area contributed by atoms with Gasteiger partial charge in [-0.25, -0.2) is 18.4 Å². The smallest absolute Gasteiger partial charge is 0.236 e. The maximum atomic E-state index is 11.4. The van der Waals surface area contributed by atoms with Gasteiger partial charge in [0.15, 0.2) is 5.82 Å². The molecule has 0 aliphatic rings. The van der Waals surface area contributed by atoms with Crippen LogP contribution in [0, 0.1) is 0 Å². The molecule has 1 N–H and O–H groups in total. The lowest BCUT2D eigenvalue weighted by atomic mass is 10.6. The lowest BCUT2D eigenvalue weighted by Gasteiger charge is -2.08. The zero-order valence-corrected chi connectivity index (χ0v) is 10.1. The van der Waals surface area contributed by atoms with Crippen LogP contribution in [0.1, 0.15) is 13.8 Å². The predicted octanol–water partition coefficient (Wildman–Crippen LogP) is 1.39. The number of sulfonamides is 1. The minimum atomic E-state index is -3.33. The highest BCUT2D eigenvalue weighted by atomic mass is 79.9. The van der Waals surface area contributed by atoms with Crippen LogP contribution in [0.15, 0.2) is 17.0 Å². The fourth-order valence-corrected chi connectivity index (χ4v) is 1.47. The molecule has 14 heavy (non-hydrogen) atoms. The van der Waals surface area contributed by atoms with Crippen molar-refractivity contribution in [1.29, 1.82) is 0 Å². The van der Waals surface area contributed by atoms with Gasteiger partial charge < -0.3 is 0 Å². The highest BCUT2D eigenvalue weighted by Crippen LogP contribution is 2.09. The first kappa shape index (κ1) is 11.4. The lowest BCUT2D eigenvalue weighted by Crippen LogP contribution is -2.23. The summed E-state index contributed by atoms with van der Waals surface area (Å²) >= 11 is 3.10. The SMILES string of the molecule is CC(C)S(=O)(=O)Nc1cnc(Br)cn1. The Morgan fingerprint density at radius 3 is 2.43 bits per heavy atom. The van der Waals surface area contributed by atoms with E-state index in [1.165, 1.54) is 12.4 Å². The molecule has 0 radical (unpaired) electrons. The van der Waals surface area contributed by atoms with Crippen molar-refractivity contribution < 1.29 is 8.42 Å². The second-order valence-corrected chi connectivity index (χ2v) is 5.97. The van der Waals surface area contributed by atoms with E-state index in [0.717, 1.165) is 0 Å². The van der Waals surface area contributed by atoms with E-state index in [9.17, 15) is 8.42 Å². The first-order valence-electron chi connectivity index (χ1n) is 3.91. The Morgan fingerprint density at radius 1 is 1.36 bits per heavy atom. The van der Waals surface area contributed by atoms with Crippen molar-refractivity contribution in [3.05, 3.63) is 17.0 Å². The number of nitrogens with zero attached hydrogens (tertiary/aromatic N) is 2. The highest BCUT2D eigenvalue weighted by Gasteiger charge is 2.15. The van der Waals surface area contributed by atoms with E-state index < -0.39 is 15.3 Å². The molecule has 1 aromatic heterocycles. The van der Waals surface area contributed by atoms with Crippen LogP contribution in [-0.4, -0.2) is 23.6 Å². The third-order valence-electron chi connectivity index (χ3n) is 1.49. The molecular formula is C7H10BrN3O2S. The number of nitrogens with one attached hydrogen (secondary N) is 1. The van der Waals surface area contributed by atoms with Gasteiger partial charge in [0, 0.05) is 0 Å². The molecule has 0 amide bonds. The van der Waals surface area contributed by atoms with Crippen LogP contribution in [-0.2, 0) is 10.0 Å². The third-order valence-corrected chi connectivity index (χ3v) is 3.63. The van der Waals surface area contributed by atoms with Gasteiger partial charge in [0.25, 0.3) is 0 Å². The van der Waals surface area contributed by atoms with Gasteiger partial charge in [-0.2, -0.15) is 0 Å². The Kier molecular flexibility index (Phi) is 3.43. The van der Waals surface area contributed by atoms with Crippen molar-refractivity contribution in [3.8, 4) is 0 Å². The monoisotopic (exact) mass is 279 g/mol. The van der Waals surface area contributed by atoms with Gasteiger partial charge in [-0.1, -0.05) is 0 Å². The molecule has 0 bridgehead atoms. The van der Waals surface area contributed by atoms with E-state index in [1.807, 2.05) is 0 Å². The highest BCUT2D eigenvalue weighted by molar-refractivity contribution is 9.10. The van der Waals surface area contributed by atoms with Gasteiger partial charge in [0.2, 0.25) is 10.0 Å². The minimum Gasteiger partial charge on any atom is -0.266 e. The van der Waals surface area contributed by atoms with Gasteiger partial charge >= 0.3 is 0 Å². The van der Waals surface area contributed by atoms with Gasteiger partial charge in [0.05, 0.1) is 17.6 Å². The number of aromatic nitrogens is 2. The molecule has 1 heterocycles. The number of anilines is 1. The summed E-state index contributed by atoms with van der Waals surface area (Å²) in [5, 5.41) is -0.493. The van der Waals surface area contributed by atoms with Crippen molar-refractivity contribution >= 4 is 31.8 Å². The Hall–Kier alpha value is -0.690. The van der Waals surface area contributed by atoms with E-state index in [1.54, 1.807) is 13.8 Å². The molecule has 0 aliphatic carbocycles. The summed E-state index contributed by atoms with van der Waals surface area (Å²) in [6.45, 7) is 3.18. The summed E-state index contributed by atoms with van der Waals surface area (Å²) in [7, 11) is -3.33. The molecule has 0 atom stereocenters. The summed E-state index contributed by atoms with van der Waals surface area (Å²) in [4.78, 5) is 7.70. The topological polar surface area (TPSA) is 72.0 Å². The van der Waals surface area contributed by atoms with Crippen LogP contribution in [0.2, 0.25) is 0 Å². The second kappa shape index (κ2) is 4.22. The van der Waals surface area contributed by atoms with Gasteiger partial charge in [-0.05, 0) is 29.8 Å². The molecule has 7 heteroatoms. The molecule has 5 nitrogen and oxygen atoms in total. The average Bonchev–Trinajstić information content (AvgIpc) is 2.08. The number of halogens is 1. The predicted molar refractivity (Wildman–Crippen MR) is 57.4 cm³/mol.